The monoisotopic (exact) mass is 447 g/mol. The summed E-state index contributed by atoms with van der Waals surface area (Å²) in [6, 6.07) is 17.1. The summed E-state index contributed by atoms with van der Waals surface area (Å²) in [6.45, 7) is -0.339. The Morgan fingerprint density at radius 2 is 1.61 bits per heavy atom. The quantitative estimate of drug-likeness (QED) is 0.420. The van der Waals surface area contributed by atoms with Gasteiger partial charge in [-0.25, -0.2) is 0 Å². The molecule has 0 spiro atoms. The van der Waals surface area contributed by atoms with Crippen molar-refractivity contribution in [2.24, 2.45) is 7.05 Å². The number of carbonyl (C=O) groups is 4. The van der Waals surface area contributed by atoms with E-state index in [0.29, 0.717) is 5.69 Å². The molecule has 0 radical (unpaired) electrons. The number of carbonyl (C=O) groups excluding carboxylic acids is 4. The van der Waals surface area contributed by atoms with Gasteiger partial charge in [0.25, 0.3) is 11.8 Å². The SMILES string of the molecule is CNC(=O)CNC(=O)C(=O)C(Cc1ccccc1)NC(=O)c1cn(C)nc1-c1ccccc1. The first-order chi connectivity index (χ1) is 15.9. The molecular weight excluding hydrogens is 422 g/mol. The van der Waals surface area contributed by atoms with Gasteiger partial charge in [0.2, 0.25) is 11.7 Å². The minimum atomic E-state index is -1.13. The molecule has 9 nitrogen and oxygen atoms in total. The highest BCUT2D eigenvalue weighted by atomic mass is 16.2. The maximum atomic E-state index is 13.2. The number of aromatic nitrogens is 2. The van der Waals surface area contributed by atoms with Gasteiger partial charge in [0, 0.05) is 32.3 Å². The third kappa shape index (κ3) is 6.13. The average Bonchev–Trinajstić information content (AvgIpc) is 3.24. The van der Waals surface area contributed by atoms with E-state index in [1.54, 1.807) is 37.5 Å². The zero-order valence-corrected chi connectivity index (χ0v) is 18.4. The maximum absolute atomic E-state index is 13.2. The van der Waals surface area contributed by atoms with Crippen LogP contribution in [-0.4, -0.2) is 52.9 Å². The van der Waals surface area contributed by atoms with Crippen LogP contribution in [0.1, 0.15) is 15.9 Å². The number of benzene rings is 2. The highest BCUT2D eigenvalue weighted by molar-refractivity contribution is 6.38. The van der Waals surface area contributed by atoms with Gasteiger partial charge < -0.3 is 16.0 Å². The summed E-state index contributed by atoms with van der Waals surface area (Å²) in [5, 5.41) is 11.7. The predicted octanol–water partition coefficient (Wildman–Crippen LogP) is 0.860. The predicted molar refractivity (Wildman–Crippen MR) is 122 cm³/mol. The van der Waals surface area contributed by atoms with E-state index in [1.165, 1.54) is 11.7 Å². The molecule has 1 atom stereocenters. The van der Waals surface area contributed by atoms with E-state index in [2.05, 4.69) is 21.0 Å². The molecule has 0 aliphatic carbocycles. The molecule has 0 aliphatic rings. The zero-order chi connectivity index (χ0) is 23.8. The lowest BCUT2D eigenvalue weighted by Crippen LogP contribution is -2.50. The van der Waals surface area contributed by atoms with Gasteiger partial charge in [-0.2, -0.15) is 5.10 Å². The fraction of sp³-hybridized carbons (Fsp3) is 0.208. The molecule has 1 heterocycles. The second kappa shape index (κ2) is 10.9. The summed E-state index contributed by atoms with van der Waals surface area (Å²) in [5.74, 6) is -2.77. The number of hydrogen-bond donors (Lipinski definition) is 3. The molecule has 170 valence electrons. The summed E-state index contributed by atoms with van der Waals surface area (Å²) in [4.78, 5) is 49.9. The number of likely N-dealkylation sites (N-methyl/N-ethyl adjacent to an activating group) is 1. The van der Waals surface area contributed by atoms with E-state index in [9.17, 15) is 19.2 Å². The molecule has 1 aromatic heterocycles. The number of nitrogens with one attached hydrogen (secondary N) is 3. The van der Waals surface area contributed by atoms with E-state index in [1.807, 2.05) is 36.4 Å². The third-order valence-electron chi connectivity index (χ3n) is 4.94. The smallest absolute Gasteiger partial charge is 0.290 e. The average molecular weight is 447 g/mol. The molecule has 0 aliphatic heterocycles. The lowest BCUT2D eigenvalue weighted by atomic mass is 10.0. The topological polar surface area (TPSA) is 122 Å². The van der Waals surface area contributed by atoms with Crippen LogP contribution < -0.4 is 16.0 Å². The zero-order valence-electron chi connectivity index (χ0n) is 18.4. The van der Waals surface area contributed by atoms with Crippen molar-refractivity contribution >= 4 is 23.5 Å². The van der Waals surface area contributed by atoms with Crippen molar-refractivity contribution in [3.05, 3.63) is 78.0 Å². The molecule has 0 bridgehead atoms. The molecule has 1 unspecified atom stereocenters. The lowest BCUT2D eigenvalue weighted by molar-refractivity contribution is -0.139. The highest BCUT2D eigenvalue weighted by Crippen LogP contribution is 2.21. The third-order valence-corrected chi connectivity index (χ3v) is 4.94. The highest BCUT2D eigenvalue weighted by Gasteiger charge is 2.29. The molecule has 3 aromatic rings. The van der Waals surface area contributed by atoms with Crippen LogP contribution in [0.5, 0.6) is 0 Å². The standard InChI is InChI=1S/C24H25N5O4/c1-25-20(30)14-26-24(33)22(31)19(13-16-9-5-3-6-10-16)27-23(32)18-15-29(2)28-21(18)17-11-7-4-8-12-17/h3-12,15,19H,13-14H2,1-2H3,(H,25,30)(H,26,33)(H,27,32). The molecular formula is C24H25N5O4. The minimum Gasteiger partial charge on any atom is -0.358 e. The number of ketones is 1. The van der Waals surface area contributed by atoms with Crippen LogP contribution in [0, 0.1) is 0 Å². The van der Waals surface area contributed by atoms with E-state index in [4.69, 9.17) is 0 Å². The summed E-state index contributed by atoms with van der Waals surface area (Å²) in [7, 11) is 3.12. The lowest BCUT2D eigenvalue weighted by Gasteiger charge is -2.17. The van der Waals surface area contributed by atoms with Crippen LogP contribution >= 0.6 is 0 Å². The number of amides is 3. The van der Waals surface area contributed by atoms with Gasteiger partial charge in [-0.05, 0) is 5.56 Å². The van der Waals surface area contributed by atoms with Crippen molar-refractivity contribution in [3.63, 3.8) is 0 Å². The second-order valence-electron chi connectivity index (χ2n) is 7.37. The number of aryl methyl sites for hydroxylation is 1. The van der Waals surface area contributed by atoms with Gasteiger partial charge in [-0.1, -0.05) is 60.7 Å². The van der Waals surface area contributed by atoms with Crippen LogP contribution in [0.3, 0.4) is 0 Å². The summed E-state index contributed by atoms with van der Waals surface area (Å²) in [6.07, 6.45) is 1.67. The Labute approximate surface area is 191 Å². The molecule has 33 heavy (non-hydrogen) atoms. The Bertz CT molecular complexity index is 1140. The van der Waals surface area contributed by atoms with E-state index >= 15 is 0 Å². The van der Waals surface area contributed by atoms with Gasteiger partial charge in [0.05, 0.1) is 12.1 Å². The van der Waals surface area contributed by atoms with E-state index in [0.717, 1.165) is 11.1 Å². The van der Waals surface area contributed by atoms with E-state index in [-0.39, 0.29) is 18.5 Å². The number of hydrogen-bond acceptors (Lipinski definition) is 5. The van der Waals surface area contributed by atoms with Crippen LogP contribution in [-0.2, 0) is 27.9 Å². The molecule has 0 fully saturated rings. The molecule has 3 rings (SSSR count). The second-order valence-corrected chi connectivity index (χ2v) is 7.37. The van der Waals surface area contributed by atoms with Crippen LogP contribution in [0.2, 0.25) is 0 Å². The Balaban J connectivity index is 1.84. The first kappa shape index (κ1) is 23.4. The summed E-state index contributed by atoms with van der Waals surface area (Å²) >= 11 is 0. The Hall–Kier alpha value is -4.27. The van der Waals surface area contributed by atoms with Crippen LogP contribution in [0.15, 0.2) is 66.9 Å². The maximum Gasteiger partial charge on any atom is 0.290 e. The van der Waals surface area contributed by atoms with Crippen molar-refractivity contribution in [2.75, 3.05) is 13.6 Å². The largest absolute Gasteiger partial charge is 0.358 e. The van der Waals surface area contributed by atoms with Crippen molar-refractivity contribution in [3.8, 4) is 11.3 Å². The normalized spacial score (nSPS) is 11.3. The Morgan fingerprint density at radius 3 is 2.24 bits per heavy atom. The summed E-state index contributed by atoms with van der Waals surface area (Å²) in [5.41, 5.74) is 2.26. The van der Waals surface area contributed by atoms with Crippen LogP contribution in [0.4, 0.5) is 0 Å². The number of Topliss-reactive ketones (excluding diaryl/α,β-unsaturated/α-hetero) is 1. The van der Waals surface area contributed by atoms with Gasteiger partial charge in [-0.15, -0.1) is 0 Å². The van der Waals surface area contributed by atoms with Gasteiger partial charge in [-0.3, -0.25) is 23.9 Å². The Morgan fingerprint density at radius 1 is 0.970 bits per heavy atom. The van der Waals surface area contributed by atoms with Gasteiger partial charge in [0.15, 0.2) is 0 Å². The van der Waals surface area contributed by atoms with Crippen molar-refractivity contribution in [1.82, 2.24) is 25.7 Å². The van der Waals surface area contributed by atoms with Crippen LogP contribution in [0.25, 0.3) is 11.3 Å². The molecule has 2 aromatic carbocycles. The van der Waals surface area contributed by atoms with Crippen molar-refractivity contribution in [1.29, 1.82) is 0 Å². The fourth-order valence-corrected chi connectivity index (χ4v) is 3.25. The first-order valence-electron chi connectivity index (χ1n) is 10.4. The Kier molecular flexibility index (Phi) is 7.69. The molecule has 9 heteroatoms. The van der Waals surface area contributed by atoms with Crippen molar-refractivity contribution < 1.29 is 19.2 Å². The molecule has 0 saturated carbocycles. The molecule has 3 amide bonds. The first-order valence-corrected chi connectivity index (χ1v) is 10.4. The molecule has 3 N–H and O–H groups in total. The number of rotatable bonds is 9. The molecule has 0 saturated heterocycles. The van der Waals surface area contributed by atoms with E-state index < -0.39 is 29.5 Å². The van der Waals surface area contributed by atoms with Gasteiger partial charge in [0.1, 0.15) is 11.7 Å². The number of nitrogens with zero attached hydrogens (tertiary/aromatic N) is 2. The van der Waals surface area contributed by atoms with Crippen molar-refractivity contribution in [2.45, 2.75) is 12.5 Å². The minimum absolute atomic E-state index is 0.111. The van der Waals surface area contributed by atoms with Gasteiger partial charge >= 0.3 is 0 Å². The fourth-order valence-electron chi connectivity index (χ4n) is 3.25. The summed E-state index contributed by atoms with van der Waals surface area (Å²) < 4.78 is 1.52.